The van der Waals surface area contributed by atoms with Crippen molar-refractivity contribution in [2.24, 2.45) is 0 Å². The molecule has 0 fully saturated rings. The third-order valence-corrected chi connectivity index (χ3v) is 1.54. The maximum Gasteiger partial charge on any atom is 0.0430 e. The Kier molecular flexibility index (Phi) is 57.4. The summed E-state index contributed by atoms with van der Waals surface area (Å²) < 4.78 is 0. The van der Waals surface area contributed by atoms with Crippen LogP contribution >= 0.6 is 0 Å². The first-order valence-corrected chi connectivity index (χ1v) is 6.07. The molecule has 0 amide bonds. The molecule has 3 N–H and O–H groups in total. The summed E-state index contributed by atoms with van der Waals surface area (Å²) in [5.41, 5.74) is 0. The standard InChI is InChI=1S/3C4H10O.Nb/c3*1-2-3-4-5;/h3*5H,2-4H2,1H3;. The van der Waals surface area contributed by atoms with Gasteiger partial charge in [-0.25, -0.2) is 0 Å². The molecule has 0 rings (SSSR count). The molecular formula is C12H30NbO3. The predicted octanol–water partition coefficient (Wildman–Crippen LogP) is 2.33. The van der Waals surface area contributed by atoms with Crippen LogP contribution in [0, 0.1) is 0 Å². The van der Waals surface area contributed by atoms with Gasteiger partial charge in [0, 0.05) is 42.2 Å². The van der Waals surface area contributed by atoms with Gasteiger partial charge in [-0.3, -0.25) is 0 Å². The smallest absolute Gasteiger partial charge is 0.0430 e. The van der Waals surface area contributed by atoms with Crippen molar-refractivity contribution in [3.63, 3.8) is 0 Å². The summed E-state index contributed by atoms with van der Waals surface area (Å²) in [4.78, 5) is 0. The molecule has 0 saturated heterocycles. The number of aliphatic hydroxyl groups is 3. The topological polar surface area (TPSA) is 60.7 Å². The van der Waals surface area contributed by atoms with Gasteiger partial charge in [-0.05, 0) is 19.3 Å². The molecule has 0 bridgehead atoms. The molecule has 3 nitrogen and oxygen atoms in total. The van der Waals surface area contributed by atoms with Crippen LogP contribution in [0.1, 0.15) is 59.3 Å². The zero-order chi connectivity index (χ0) is 12.4. The van der Waals surface area contributed by atoms with Crippen LogP contribution in [0.4, 0.5) is 0 Å². The van der Waals surface area contributed by atoms with E-state index in [4.69, 9.17) is 15.3 Å². The molecular weight excluding hydrogens is 285 g/mol. The molecule has 0 aliphatic rings. The van der Waals surface area contributed by atoms with E-state index in [0.29, 0.717) is 19.8 Å². The molecule has 0 spiro atoms. The van der Waals surface area contributed by atoms with Crippen LogP contribution in [0.2, 0.25) is 0 Å². The van der Waals surface area contributed by atoms with Crippen molar-refractivity contribution in [3.05, 3.63) is 0 Å². The van der Waals surface area contributed by atoms with Crippen LogP contribution in [0.3, 0.4) is 0 Å². The summed E-state index contributed by atoms with van der Waals surface area (Å²) in [6.07, 6.45) is 6.11. The third kappa shape index (κ3) is 61.9. The molecule has 101 valence electrons. The van der Waals surface area contributed by atoms with Crippen LogP contribution in [0.25, 0.3) is 0 Å². The fraction of sp³-hybridized carbons (Fsp3) is 1.00. The first kappa shape index (κ1) is 25.5. The van der Waals surface area contributed by atoms with E-state index in [1.54, 1.807) is 0 Å². The van der Waals surface area contributed by atoms with Gasteiger partial charge in [-0.2, -0.15) is 0 Å². The molecule has 0 aromatic carbocycles. The van der Waals surface area contributed by atoms with E-state index in [0.717, 1.165) is 38.5 Å². The summed E-state index contributed by atoms with van der Waals surface area (Å²) in [7, 11) is 0. The molecule has 16 heavy (non-hydrogen) atoms. The van der Waals surface area contributed by atoms with Gasteiger partial charge >= 0.3 is 0 Å². The average Bonchev–Trinajstić information content (AvgIpc) is 2.23. The van der Waals surface area contributed by atoms with Crippen LogP contribution in [0.15, 0.2) is 0 Å². The Hall–Kier alpha value is 0.620. The second-order valence-electron chi connectivity index (χ2n) is 3.23. The van der Waals surface area contributed by atoms with Crippen LogP contribution in [-0.2, 0) is 22.4 Å². The fourth-order valence-electron chi connectivity index (χ4n) is 0.474. The van der Waals surface area contributed by atoms with Crippen molar-refractivity contribution in [1.82, 2.24) is 0 Å². The van der Waals surface area contributed by atoms with Crippen LogP contribution in [0.5, 0.6) is 0 Å². The summed E-state index contributed by atoms with van der Waals surface area (Å²) in [6.45, 7) is 7.19. The first-order valence-electron chi connectivity index (χ1n) is 6.07. The van der Waals surface area contributed by atoms with Crippen molar-refractivity contribution in [2.75, 3.05) is 19.8 Å². The van der Waals surface area contributed by atoms with E-state index in [1.165, 1.54) is 0 Å². The van der Waals surface area contributed by atoms with Crippen molar-refractivity contribution in [2.45, 2.75) is 59.3 Å². The number of unbranched alkanes of at least 4 members (excludes halogenated alkanes) is 3. The van der Waals surface area contributed by atoms with Gasteiger partial charge in [0.05, 0.1) is 0 Å². The van der Waals surface area contributed by atoms with E-state index < -0.39 is 0 Å². The molecule has 0 aliphatic heterocycles. The van der Waals surface area contributed by atoms with Crippen molar-refractivity contribution >= 4 is 0 Å². The van der Waals surface area contributed by atoms with Gasteiger partial charge in [0.15, 0.2) is 0 Å². The molecule has 4 heteroatoms. The Bertz CT molecular complexity index is 53.0. The number of aliphatic hydroxyl groups excluding tert-OH is 3. The average molecular weight is 315 g/mol. The minimum atomic E-state index is 0. The molecule has 1 radical (unpaired) electrons. The van der Waals surface area contributed by atoms with Crippen molar-refractivity contribution in [1.29, 1.82) is 0 Å². The second kappa shape index (κ2) is 36.1. The molecule has 0 heterocycles. The van der Waals surface area contributed by atoms with Crippen molar-refractivity contribution < 1.29 is 37.7 Å². The number of hydrogen-bond acceptors (Lipinski definition) is 3. The Morgan fingerprint density at radius 3 is 0.750 bits per heavy atom. The summed E-state index contributed by atoms with van der Waals surface area (Å²) in [5.74, 6) is 0. The number of rotatable bonds is 6. The summed E-state index contributed by atoms with van der Waals surface area (Å²) in [5, 5.41) is 24.2. The number of hydrogen-bond donors (Lipinski definition) is 3. The molecule has 0 aromatic rings. The zero-order valence-electron chi connectivity index (χ0n) is 11.2. The molecule has 0 unspecified atom stereocenters. The Morgan fingerprint density at radius 2 is 0.750 bits per heavy atom. The van der Waals surface area contributed by atoms with Gasteiger partial charge < -0.3 is 15.3 Å². The third-order valence-electron chi connectivity index (χ3n) is 1.54. The van der Waals surface area contributed by atoms with E-state index in [2.05, 4.69) is 20.8 Å². The van der Waals surface area contributed by atoms with E-state index in [1.807, 2.05) is 0 Å². The maximum absolute atomic E-state index is 8.07. The SMILES string of the molecule is CCCCO.CCCCO.CCCCO.[Nb]. The zero-order valence-corrected chi connectivity index (χ0v) is 13.4. The molecule has 0 atom stereocenters. The van der Waals surface area contributed by atoms with Crippen molar-refractivity contribution in [3.8, 4) is 0 Å². The largest absolute Gasteiger partial charge is 0.396 e. The first-order chi connectivity index (χ1) is 7.24. The maximum atomic E-state index is 8.07. The molecule has 0 saturated carbocycles. The summed E-state index contributed by atoms with van der Waals surface area (Å²) in [6, 6.07) is 0. The fourth-order valence-corrected chi connectivity index (χ4v) is 0.474. The molecule has 0 aliphatic carbocycles. The van der Waals surface area contributed by atoms with Gasteiger partial charge in [0.1, 0.15) is 0 Å². The quantitative estimate of drug-likeness (QED) is 0.659. The normalized spacial score (nSPS) is 7.88. The van der Waals surface area contributed by atoms with E-state index in [9.17, 15) is 0 Å². The minimum absolute atomic E-state index is 0. The Labute approximate surface area is 117 Å². The monoisotopic (exact) mass is 315 g/mol. The molecule has 0 aromatic heterocycles. The van der Waals surface area contributed by atoms with Gasteiger partial charge in [-0.1, -0.05) is 40.0 Å². The second-order valence-corrected chi connectivity index (χ2v) is 3.23. The Balaban J connectivity index is -0.0000000655. The van der Waals surface area contributed by atoms with Crippen LogP contribution < -0.4 is 0 Å². The predicted molar refractivity (Wildman–Crippen MR) is 66.0 cm³/mol. The Morgan fingerprint density at radius 1 is 0.562 bits per heavy atom. The van der Waals surface area contributed by atoms with Gasteiger partial charge in [0.25, 0.3) is 0 Å². The van der Waals surface area contributed by atoms with Crippen LogP contribution in [-0.4, -0.2) is 35.1 Å². The van der Waals surface area contributed by atoms with E-state index >= 15 is 0 Å². The van der Waals surface area contributed by atoms with Gasteiger partial charge in [-0.15, -0.1) is 0 Å². The van der Waals surface area contributed by atoms with E-state index in [-0.39, 0.29) is 22.4 Å². The van der Waals surface area contributed by atoms with Gasteiger partial charge in [0.2, 0.25) is 0 Å². The minimum Gasteiger partial charge on any atom is -0.396 e. The summed E-state index contributed by atoms with van der Waals surface area (Å²) >= 11 is 0.